The van der Waals surface area contributed by atoms with Crippen LogP contribution >= 0.6 is 0 Å². The van der Waals surface area contributed by atoms with Crippen LogP contribution in [0.25, 0.3) is 0 Å². The standard InChI is InChI=1S/C11H22B2/c1-12-13-11-9-7-5-3-2-4-6-8-10-11/h11H,2-10H2,1H3. The Labute approximate surface area is 85.3 Å². The van der Waals surface area contributed by atoms with Crippen LogP contribution in [0.5, 0.6) is 0 Å². The fraction of sp³-hybridized carbons (Fsp3) is 1.00. The van der Waals surface area contributed by atoms with Crippen molar-refractivity contribution in [2.45, 2.75) is 70.4 Å². The van der Waals surface area contributed by atoms with E-state index in [9.17, 15) is 0 Å². The summed E-state index contributed by atoms with van der Waals surface area (Å²) in [4.78, 5) is 0. The van der Waals surface area contributed by atoms with E-state index in [0.29, 0.717) is 0 Å². The minimum absolute atomic E-state index is 0.892. The van der Waals surface area contributed by atoms with Gasteiger partial charge in [0.05, 0.1) is 14.3 Å². The molecular formula is C11H22B2. The molecule has 1 fully saturated rings. The first-order valence-corrected chi connectivity index (χ1v) is 6.06. The molecule has 0 unspecified atom stereocenters. The molecule has 1 saturated carbocycles. The van der Waals surface area contributed by atoms with Gasteiger partial charge < -0.3 is 0 Å². The maximum atomic E-state index is 2.42. The number of hydrogen-bond donors (Lipinski definition) is 0. The molecule has 1 aliphatic carbocycles. The van der Waals surface area contributed by atoms with Crippen LogP contribution in [0.1, 0.15) is 57.8 Å². The topological polar surface area (TPSA) is 0 Å². The predicted octanol–water partition coefficient (Wildman–Crippen LogP) is 3.67. The Hall–Kier alpha value is 0.130. The van der Waals surface area contributed by atoms with Crippen LogP contribution in [0.3, 0.4) is 0 Å². The van der Waals surface area contributed by atoms with Crippen molar-refractivity contribution in [2.24, 2.45) is 0 Å². The molecule has 1 aliphatic rings. The molecule has 0 aliphatic heterocycles. The van der Waals surface area contributed by atoms with Gasteiger partial charge in [0.15, 0.2) is 0 Å². The van der Waals surface area contributed by atoms with Gasteiger partial charge in [0.25, 0.3) is 0 Å². The minimum Gasteiger partial charge on any atom is -0.0999 e. The molecule has 0 amide bonds. The van der Waals surface area contributed by atoms with Crippen molar-refractivity contribution in [3.05, 3.63) is 0 Å². The third-order valence-corrected chi connectivity index (χ3v) is 3.11. The van der Waals surface area contributed by atoms with Crippen LogP contribution in [0.2, 0.25) is 12.6 Å². The van der Waals surface area contributed by atoms with E-state index in [0.717, 1.165) is 5.82 Å². The second-order valence-electron chi connectivity index (χ2n) is 4.34. The Morgan fingerprint density at radius 2 is 1.23 bits per heavy atom. The zero-order valence-electron chi connectivity index (χ0n) is 9.10. The number of hydrogen-bond acceptors (Lipinski definition) is 0. The highest BCUT2D eigenvalue weighted by atomic mass is 14.1. The summed E-state index contributed by atoms with van der Waals surface area (Å²) in [7, 11) is 4.65. The summed E-state index contributed by atoms with van der Waals surface area (Å²) in [6, 6.07) is 0. The first kappa shape index (κ1) is 11.2. The van der Waals surface area contributed by atoms with Gasteiger partial charge in [0.2, 0.25) is 0 Å². The van der Waals surface area contributed by atoms with Gasteiger partial charge in [-0.25, -0.2) is 0 Å². The third kappa shape index (κ3) is 5.44. The lowest BCUT2D eigenvalue weighted by atomic mass is 9.34. The molecule has 0 aromatic rings. The maximum absolute atomic E-state index is 2.42. The Balaban J connectivity index is 2.18. The largest absolute Gasteiger partial charge is 0.0999 e. The monoisotopic (exact) mass is 176 g/mol. The van der Waals surface area contributed by atoms with Gasteiger partial charge in [-0.3, -0.25) is 0 Å². The van der Waals surface area contributed by atoms with Crippen LogP contribution in [-0.4, -0.2) is 14.3 Å². The van der Waals surface area contributed by atoms with E-state index in [-0.39, 0.29) is 0 Å². The Morgan fingerprint density at radius 3 is 1.69 bits per heavy atom. The fourth-order valence-electron chi connectivity index (χ4n) is 2.31. The van der Waals surface area contributed by atoms with Crippen LogP contribution in [0, 0.1) is 0 Å². The zero-order chi connectivity index (χ0) is 9.36. The summed E-state index contributed by atoms with van der Waals surface area (Å²) >= 11 is 0. The van der Waals surface area contributed by atoms with E-state index in [1.807, 2.05) is 0 Å². The lowest BCUT2D eigenvalue weighted by Crippen LogP contribution is -2.10. The van der Waals surface area contributed by atoms with E-state index >= 15 is 0 Å². The lowest BCUT2D eigenvalue weighted by molar-refractivity contribution is 0.503. The van der Waals surface area contributed by atoms with Gasteiger partial charge >= 0.3 is 0 Å². The molecule has 0 aromatic heterocycles. The molecule has 0 saturated heterocycles. The van der Waals surface area contributed by atoms with Crippen molar-refractivity contribution in [3.8, 4) is 0 Å². The summed E-state index contributed by atoms with van der Waals surface area (Å²) in [6.07, 6.45) is 13.1. The Morgan fingerprint density at radius 1 is 0.769 bits per heavy atom. The van der Waals surface area contributed by atoms with Gasteiger partial charge in [-0.2, -0.15) is 0 Å². The van der Waals surface area contributed by atoms with Crippen molar-refractivity contribution in [3.63, 3.8) is 0 Å². The van der Waals surface area contributed by atoms with E-state index < -0.39 is 0 Å². The first-order valence-electron chi connectivity index (χ1n) is 6.06. The Bertz CT molecular complexity index is 105. The average Bonchev–Trinajstić information content (AvgIpc) is 2.16. The van der Waals surface area contributed by atoms with E-state index in [2.05, 4.69) is 21.2 Å². The van der Waals surface area contributed by atoms with E-state index in [1.54, 1.807) is 0 Å². The quantitative estimate of drug-likeness (QED) is 0.563. The maximum Gasteiger partial charge on any atom is 0.0691 e. The highest BCUT2D eigenvalue weighted by Crippen LogP contribution is 2.24. The molecule has 13 heavy (non-hydrogen) atoms. The highest BCUT2D eigenvalue weighted by Gasteiger charge is 2.09. The molecule has 0 aromatic carbocycles. The van der Waals surface area contributed by atoms with Crippen molar-refractivity contribution < 1.29 is 0 Å². The zero-order valence-corrected chi connectivity index (χ0v) is 9.10. The fourth-order valence-corrected chi connectivity index (χ4v) is 2.31. The van der Waals surface area contributed by atoms with Crippen LogP contribution in [0.4, 0.5) is 0 Å². The molecule has 2 radical (unpaired) electrons. The van der Waals surface area contributed by atoms with Crippen LogP contribution in [-0.2, 0) is 0 Å². The first-order chi connectivity index (χ1) is 6.43. The third-order valence-electron chi connectivity index (χ3n) is 3.11. The smallest absolute Gasteiger partial charge is 0.0691 e. The molecule has 0 N–H and O–H groups in total. The van der Waals surface area contributed by atoms with E-state index in [4.69, 9.17) is 0 Å². The summed E-state index contributed by atoms with van der Waals surface area (Å²) in [5.74, 6) is 0.892. The lowest BCUT2D eigenvalue weighted by Gasteiger charge is -2.16. The summed E-state index contributed by atoms with van der Waals surface area (Å²) < 4.78 is 0. The summed E-state index contributed by atoms with van der Waals surface area (Å²) in [5.41, 5.74) is 0. The second-order valence-corrected chi connectivity index (χ2v) is 4.34. The van der Waals surface area contributed by atoms with E-state index in [1.165, 1.54) is 57.8 Å². The molecule has 0 nitrogen and oxygen atoms in total. The van der Waals surface area contributed by atoms with Crippen LogP contribution in [0.15, 0.2) is 0 Å². The number of rotatable bonds is 2. The van der Waals surface area contributed by atoms with Gasteiger partial charge in [-0.15, -0.1) is 0 Å². The highest BCUT2D eigenvalue weighted by molar-refractivity contribution is 7.00. The van der Waals surface area contributed by atoms with Crippen LogP contribution < -0.4 is 0 Å². The normalized spacial score (nSPS) is 22.2. The van der Waals surface area contributed by atoms with Gasteiger partial charge in [-0.05, 0) is 0 Å². The molecule has 2 heteroatoms. The van der Waals surface area contributed by atoms with Crippen molar-refractivity contribution in [1.29, 1.82) is 0 Å². The van der Waals surface area contributed by atoms with Crippen molar-refractivity contribution in [2.75, 3.05) is 0 Å². The average molecular weight is 176 g/mol. The SMILES string of the molecule is C[B][B]C1CCCCCCCCC1. The Kier molecular flexibility index (Phi) is 6.49. The molecule has 0 bridgehead atoms. The molecule has 0 spiro atoms. The summed E-state index contributed by atoms with van der Waals surface area (Å²) in [6.45, 7) is 2.15. The van der Waals surface area contributed by atoms with Gasteiger partial charge in [0.1, 0.15) is 0 Å². The minimum atomic E-state index is 0.892. The molecular weight excluding hydrogens is 154 g/mol. The molecule has 72 valence electrons. The van der Waals surface area contributed by atoms with Crippen molar-refractivity contribution in [1.82, 2.24) is 0 Å². The second kappa shape index (κ2) is 7.53. The molecule has 1 rings (SSSR count). The molecule has 0 heterocycles. The predicted molar refractivity (Wildman–Crippen MR) is 62.7 cm³/mol. The van der Waals surface area contributed by atoms with Gasteiger partial charge in [-0.1, -0.05) is 70.4 Å². The molecule has 0 atom stereocenters. The summed E-state index contributed by atoms with van der Waals surface area (Å²) in [5, 5.41) is 0. The van der Waals surface area contributed by atoms with Crippen molar-refractivity contribution >= 4 is 14.3 Å². The van der Waals surface area contributed by atoms with Gasteiger partial charge in [0, 0.05) is 0 Å².